The van der Waals surface area contributed by atoms with Gasteiger partial charge in [0.25, 0.3) is 10.0 Å². The van der Waals surface area contributed by atoms with Crippen molar-refractivity contribution in [2.24, 2.45) is 0 Å². The van der Waals surface area contributed by atoms with Crippen LogP contribution in [0.2, 0.25) is 0 Å². The minimum absolute atomic E-state index is 0.217. The lowest BCUT2D eigenvalue weighted by molar-refractivity contribution is -0.119. The Morgan fingerprint density at radius 1 is 1.00 bits per heavy atom. The molecule has 1 amide bonds. The molecule has 0 spiro atoms. The van der Waals surface area contributed by atoms with Gasteiger partial charge in [0, 0.05) is 11.1 Å². The summed E-state index contributed by atoms with van der Waals surface area (Å²) in [5.41, 5.74) is 3.96. The van der Waals surface area contributed by atoms with Crippen LogP contribution in [0.25, 0.3) is 11.1 Å². The van der Waals surface area contributed by atoms with Crippen LogP contribution in [0.3, 0.4) is 0 Å². The highest BCUT2D eigenvalue weighted by Gasteiger charge is 2.36. The Balaban J connectivity index is 1.55. The van der Waals surface area contributed by atoms with Gasteiger partial charge < -0.3 is 10.1 Å². The predicted molar refractivity (Wildman–Crippen MR) is 121 cm³/mol. The summed E-state index contributed by atoms with van der Waals surface area (Å²) < 4.78 is 33.5. The van der Waals surface area contributed by atoms with Crippen molar-refractivity contribution in [1.82, 2.24) is 5.32 Å². The van der Waals surface area contributed by atoms with E-state index in [1.807, 2.05) is 68.4 Å². The summed E-state index contributed by atoms with van der Waals surface area (Å²) in [6.07, 6.45) is 0. The number of carbonyl (C=O) groups excluding carboxylic acids is 1. The molecule has 1 aliphatic heterocycles. The third-order valence-electron chi connectivity index (χ3n) is 5.18. The summed E-state index contributed by atoms with van der Waals surface area (Å²) in [6, 6.07) is 20.1. The second-order valence-corrected chi connectivity index (χ2v) is 9.33. The molecule has 3 aromatic rings. The van der Waals surface area contributed by atoms with Gasteiger partial charge in [-0.25, -0.2) is 8.42 Å². The first-order valence-electron chi connectivity index (χ1n) is 10.1. The largest absolute Gasteiger partial charge is 0.492 e. The number of fused-ring (bicyclic) bond motifs is 3. The van der Waals surface area contributed by atoms with Crippen molar-refractivity contribution in [2.75, 3.05) is 24.0 Å². The van der Waals surface area contributed by atoms with Gasteiger partial charge in [-0.2, -0.15) is 0 Å². The van der Waals surface area contributed by atoms with Crippen LogP contribution in [-0.4, -0.2) is 34.0 Å². The van der Waals surface area contributed by atoms with E-state index >= 15 is 0 Å². The molecule has 0 unspecified atom stereocenters. The monoisotopic (exact) mass is 436 g/mol. The Bertz CT molecular complexity index is 1220. The standard InChI is InChI=1S/C24H24N2O4S/c1-17-14-18(2)24-20-10-6-7-11-22(20)31(28,29)26(21(24)15-17)16-23(27)25-12-13-30-19-8-4-3-5-9-19/h3-11,14-15H,12-13,16H2,1-2H3,(H,25,27). The summed E-state index contributed by atoms with van der Waals surface area (Å²) in [6.45, 7) is 4.15. The van der Waals surface area contributed by atoms with Crippen LogP contribution in [0.15, 0.2) is 71.6 Å². The molecule has 160 valence electrons. The average molecular weight is 437 g/mol. The number of benzene rings is 3. The van der Waals surface area contributed by atoms with Crippen molar-refractivity contribution < 1.29 is 17.9 Å². The summed E-state index contributed by atoms with van der Waals surface area (Å²) in [5, 5.41) is 2.75. The number of para-hydroxylation sites is 1. The van der Waals surface area contributed by atoms with Crippen LogP contribution in [-0.2, 0) is 14.8 Å². The number of aryl methyl sites for hydroxylation is 2. The molecule has 0 bridgehead atoms. The molecular formula is C24H24N2O4S. The van der Waals surface area contributed by atoms with Crippen LogP contribution < -0.4 is 14.4 Å². The normalized spacial score (nSPS) is 13.8. The quantitative estimate of drug-likeness (QED) is 0.598. The molecule has 4 rings (SSSR count). The van der Waals surface area contributed by atoms with Crippen molar-refractivity contribution in [1.29, 1.82) is 0 Å². The van der Waals surface area contributed by atoms with E-state index in [9.17, 15) is 13.2 Å². The first kappa shape index (κ1) is 20.9. The first-order valence-corrected chi connectivity index (χ1v) is 11.5. The Morgan fingerprint density at radius 3 is 2.48 bits per heavy atom. The fourth-order valence-corrected chi connectivity index (χ4v) is 5.50. The number of carbonyl (C=O) groups is 1. The van der Waals surface area contributed by atoms with E-state index in [2.05, 4.69) is 5.32 Å². The second-order valence-electron chi connectivity index (χ2n) is 7.50. The number of nitrogens with one attached hydrogen (secondary N) is 1. The van der Waals surface area contributed by atoms with Gasteiger partial charge in [-0.15, -0.1) is 0 Å². The zero-order valence-electron chi connectivity index (χ0n) is 17.5. The number of amides is 1. The van der Waals surface area contributed by atoms with Gasteiger partial charge in [0.15, 0.2) is 0 Å². The maximum absolute atomic E-state index is 13.4. The molecule has 3 aromatic carbocycles. The van der Waals surface area contributed by atoms with E-state index in [1.165, 1.54) is 4.31 Å². The van der Waals surface area contributed by atoms with Crippen molar-refractivity contribution in [3.05, 3.63) is 77.9 Å². The molecule has 1 aliphatic rings. The fraction of sp³-hybridized carbons (Fsp3) is 0.208. The first-order chi connectivity index (χ1) is 14.9. The Labute approximate surface area is 182 Å². The van der Waals surface area contributed by atoms with Crippen LogP contribution in [0.5, 0.6) is 5.75 Å². The molecule has 6 nitrogen and oxygen atoms in total. The maximum atomic E-state index is 13.4. The predicted octanol–water partition coefficient (Wildman–Crippen LogP) is 3.67. The molecule has 7 heteroatoms. The molecule has 0 atom stereocenters. The smallest absolute Gasteiger partial charge is 0.265 e. The van der Waals surface area contributed by atoms with E-state index < -0.39 is 10.0 Å². The topological polar surface area (TPSA) is 75.7 Å². The minimum Gasteiger partial charge on any atom is -0.492 e. The van der Waals surface area contributed by atoms with Gasteiger partial charge in [-0.1, -0.05) is 42.5 Å². The lowest BCUT2D eigenvalue weighted by atomic mass is 9.96. The molecule has 0 saturated heterocycles. The average Bonchev–Trinajstić information content (AvgIpc) is 2.74. The molecule has 0 aromatic heterocycles. The van der Waals surface area contributed by atoms with Gasteiger partial charge in [0.2, 0.25) is 5.91 Å². The van der Waals surface area contributed by atoms with Crippen LogP contribution >= 0.6 is 0 Å². The molecule has 0 fully saturated rings. The zero-order valence-corrected chi connectivity index (χ0v) is 18.3. The van der Waals surface area contributed by atoms with Crippen LogP contribution in [0.4, 0.5) is 5.69 Å². The third kappa shape index (κ3) is 4.14. The summed E-state index contributed by atoms with van der Waals surface area (Å²) in [4.78, 5) is 12.8. The van der Waals surface area contributed by atoms with Crippen molar-refractivity contribution in [2.45, 2.75) is 18.7 Å². The highest BCUT2D eigenvalue weighted by atomic mass is 32.2. The van der Waals surface area contributed by atoms with Gasteiger partial charge in [0.1, 0.15) is 18.9 Å². The summed E-state index contributed by atoms with van der Waals surface area (Å²) in [7, 11) is -3.86. The molecule has 0 saturated carbocycles. The number of hydrogen-bond donors (Lipinski definition) is 1. The Hall–Kier alpha value is -3.32. The van der Waals surface area contributed by atoms with E-state index in [0.29, 0.717) is 23.6 Å². The Morgan fingerprint density at radius 2 is 1.71 bits per heavy atom. The SMILES string of the molecule is Cc1cc(C)c2c(c1)N(CC(=O)NCCOc1ccccc1)S(=O)(=O)c1ccccc1-2. The van der Waals surface area contributed by atoms with E-state index in [4.69, 9.17) is 4.74 Å². The number of sulfonamides is 1. The fourth-order valence-electron chi connectivity index (χ4n) is 3.87. The zero-order chi connectivity index (χ0) is 22.0. The number of anilines is 1. The second kappa shape index (κ2) is 8.43. The van der Waals surface area contributed by atoms with E-state index in [-0.39, 0.29) is 23.9 Å². The highest BCUT2D eigenvalue weighted by molar-refractivity contribution is 7.93. The third-order valence-corrected chi connectivity index (χ3v) is 6.99. The molecule has 0 radical (unpaired) electrons. The van der Waals surface area contributed by atoms with Gasteiger partial charge in [-0.3, -0.25) is 9.10 Å². The molecule has 1 N–H and O–H groups in total. The van der Waals surface area contributed by atoms with Crippen LogP contribution in [0.1, 0.15) is 11.1 Å². The molecule has 0 aliphatic carbocycles. The van der Waals surface area contributed by atoms with Gasteiger partial charge >= 0.3 is 0 Å². The van der Waals surface area contributed by atoms with Gasteiger partial charge in [0.05, 0.1) is 17.1 Å². The Kier molecular flexibility index (Phi) is 5.69. The number of rotatable bonds is 6. The molecule has 1 heterocycles. The lowest BCUT2D eigenvalue weighted by Crippen LogP contribution is -2.43. The van der Waals surface area contributed by atoms with Crippen LogP contribution in [0, 0.1) is 13.8 Å². The molecular weight excluding hydrogens is 412 g/mol. The summed E-state index contributed by atoms with van der Waals surface area (Å²) >= 11 is 0. The highest BCUT2D eigenvalue weighted by Crippen LogP contribution is 2.44. The lowest BCUT2D eigenvalue weighted by Gasteiger charge is -2.33. The minimum atomic E-state index is -3.86. The van der Waals surface area contributed by atoms with E-state index in [1.54, 1.807) is 12.1 Å². The van der Waals surface area contributed by atoms with Crippen molar-refractivity contribution in [3.63, 3.8) is 0 Å². The number of ether oxygens (including phenoxy) is 1. The molecule has 31 heavy (non-hydrogen) atoms. The van der Waals surface area contributed by atoms with Gasteiger partial charge in [-0.05, 0) is 49.2 Å². The van der Waals surface area contributed by atoms with Crippen molar-refractivity contribution >= 4 is 21.6 Å². The maximum Gasteiger partial charge on any atom is 0.265 e. The number of hydrogen-bond acceptors (Lipinski definition) is 4. The van der Waals surface area contributed by atoms with E-state index in [0.717, 1.165) is 16.7 Å². The number of nitrogens with zero attached hydrogens (tertiary/aromatic N) is 1. The van der Waals surface area contributed by atoms with Crippen molar-refractivity contribution in [3.8, 4) is 16.9 Å². The summed E-state index contributed by atoms with van der Waals surface area (Å²) in [5.74, 6) is 0.330.